The average molecular weight is 272 g/mol. The van der Waals surface area contributed by atoms with Crippen LogP contribution in [-0.2, 0) is 19.3 Å². The van der Waals surface area contributed by atoms with Gasteiger partial charge in [-0.25, -0.2) is 5.43 Å². The van der Waals surface area contributed by atoms with Crippen LogP contribution in [0.3, 0.4) is 0 Å². The van der Waals surface area contributed by atoms with Gasteiger partial charge in [0.05, 0.1) is 6.04 Å². The van der Waals surface area contributed by atoms with Crippen LogP contribution in [0.5, 0.6) is 0 Å². The summed E-state index contributed by atoms with van der Waals surface area (Å²) in [5.41, 5.74) is 7.12. The first kappa shape index (κ1) is 12.9. The second-order valence-electron chi connectivity index (χ2n) is 5.15. The fourth-order valence-electron chi connectivity index (χ4n) is 2.78. The number of fused-ring (bicyclic) bond motifs is 1. The van der Waals surface area contributed by atoms with Crippen LogP contribution in [0, 0.1) is 0 Å². The third-order valence-electron chi connectivity index (χ3n) is 3.94. The molecule has 1 aromatic carbocycles. The second kappa shape index (κ2) is 5.45. The number of nitrogens with two attached hydrogens (primary N) is 1. The molecule has 0 saturated heterocycles. The fourth-order valence-corrected chi connectivity index (χ4v) is 4.13. The molecule has 1 aliphatic rings. The van der Waals surface area contributed by atoms with Gasteiger partial charge in [0.1, 0.15) is 0 Å². The highest BCUT2D eigenvalue weighted by molar-refractivity contribution is 7.12. The summed E-state index contributed by atoms with van der Waals surface area (Å²) in [5, 5.41) is 0. The number of rotatable bonds is 4. The highest BCUT2D eigenvalue weighted by Crippen LogP contribution is 2.35. The first-order valence-corrected chi connectivity index (χ1v) is 7.80. The molecule has 0 spiro atoms. The maximum atomic E-state index is 5.78. The van der Waals surface area contributed by atoms with Crippen LogP contribution in [-0.4, -0.2) is 0 Å². The Kier molecular flexibility index (Phi) is 3.69. The van der Waals surface area contributed by atoms with E-state index in [4.69, 9.17) is 5.84 Å². The predicted molar refractivity (Wildman–Crippen MR) is 81.3 cm³/mol. The van der Waals surface area contributed by atoms with Crippen molar-refractivity contribution in [3.8, 4) is 0 Å². The molecule has 1 aliphatic carbocycles. The number of hydrazine groups is 1. The minimum Gasteiger partial charge on any atom is -0.271 e. The van der Waals surface area contributed by atoms with Crippen molar-refractivity contribution < 1.29 is 0 Å². The van der Waals surface area contributed by atoms with Crippen molar-refractivity contribution in [2.45, 2.75) is 38.6 Å². The Morgan fingerprint density at radius 1 is 1.26 bits per heavy atom. The molecule has 1 unspecified atom stereocenters. The van der Waals surface area contributed by atoms with Gasteiger partial charge < -0.3 is 0 Å². The molecule has 2 aromatic rings. The zero-order valence-electron chi connectivity index (χ0n) is 11.3. The van der Waals surface area contributed by atoms with Crippen molar-refractivity contribution in [1.29, 1.82) is 0 Å². The van der Waals surface area contributed by atoms with Crippen LogP contribution in [0.1, 0.15) is 45.8 Å². The van der Waals surface area contributed by atoms with E-state index in [1.54, 1.807) is 4.88 Å². The molecule has 0 radical (unpaired) electrons. The molecule has 0 bridgehead atoms. The summed E-state index contributed by atoms with van der Waals surface area (Å²) in [6, 6.07) is 11.2. The summed E-state index contributed by atoms with van der Waals surface area (Å²) in [6.07, 6.45) is 4.87. The summed E-state index contributed by atoms with van der Waals surface area (Å²) in [5.74, 6) is 5.78. The molecule has 1 atom stereocenters. The van der Waals surface area contributed by atoms with Crippen LogP contribution in [0.15, 0.2) is 30.3 Å². The summed E-state index contributed by atoms with van der Waals surface area (Å²) in [7, 11) is 0. The Hall–Kier alpha value is -1.16. The van der Waals surface area contributed by atoms with Gasteiger partial charge in [-0.3, -0.25) is 5.84 Å². The Balaban J connectivity index is 1.90. The molecule has 2 nitrogen and oxygen atoms in total. The molecule has 0 fully saturated rings. The summed E-state index contributed by atoms with van der Waals surface area (Å²) in [4.78, 5) is 2.90. The molecule has 0 saturated carbocycles. The van der Waals surface area contributed by atoms with Crippen molar-refractivity contribution in [2.24, 2.45) is 5.84 Å². The monoisotopic (exact) mass is 272 g/mol. The third-order valence-corrected chi connectivity index (χ3v) is 5.24. The lowest BCUT2D eigenvalue weighted by molar-refractivity contribution is 0.646. The van der Waals surface area contributed by atoms with E-state index in [0.717, 1.165) is 6.42 Å². The lowest BCUT2D eigenvalue weighted by Gasteiger charge is -2.15. The van der Waals surface area contributed by atoms with Crippen LogP contribution in [0.4, 0.5) is 0 Å². The molecule has 1 heterocycles. The Labute approximate surface area is 118 Å². The van der Waals surface area contributed by atoms with Crippen LogP contribution in [0.25, 0.3) is 0 Å². The van der Waals surface area contributed by atoms with Gasteiger partial charge in [-0.1, -0.05) is 31.2 Å². The van der Waals surface area contributed by atoms with E-state index >= 15 is 0 Å². The molecule has 0 aliphatic heterocycles. The highest BCUT2D eigenvalue weighted by Gasteiger charge is 2.20. The topological polar surface area (TPSA) is 38.0 Å². The van der Waals surface area contributed by atoms with E-state index in [1.807, 2.05) is 11.3 Å². The van der Waals surface area contributed by atoms with E-state index in [2.05, 4.69) is 42.7 Å². The van der Waals surface area contributed by atoms with Crippen LogP contribution >= 0.6 is 11.3 Å². The van der Waals surface area contributed by atoms with E-state index in [0.29, 0.717) is 0 Å². The summed E-state index contributed by atoms with van der Waals surface area (Å²) >= 11 is 1.92. The molecule has 3 heteroatoms. The Morgan fingerprint density at radius 2 is 2.05 bits per heavy atom. The van der Waals surface area contributed by atoms with Crippen LogP contribution < -0.4 is 11.3 Å². The fraction of sp³-hybridized carbons (Fsp3) is 0.375. The van der Waals surface area contributed by atoms with Gasteiger partial charge in [0.2, 0.25) is 0 Å². The first-order valence-electron chi connectivity index (χ1n) is 6.98. The molecular weight excluding hydrogens is 252 g/mol. The number of aryl methyl sites for hydroxylation is 3. The maximum Gasteiger partial charge on any atom is 0.0802 e. The van der Waals surface area contributed by atoms with Crippen molar-refractivity contribution in [1.82, 2.24) is 5.43 Å². The largest absolute Gasteiger partial charge is 0.271 e. The zero-order valence-corrected chi connectivity index (χ0v) is 12.1. The van der Waals surface area contributed by atoms with E-state index < -0.39 is 0 Å². The molecule has 100 valence electrons. The van der Waals surface area contributed by atoms with E-state index in [-0.39, 0.29) is 6.04 Å². The lowest BCUT2D eigenvalue weighted by atomic mass is 10.0. The minimum atomic E-state index is 0.126. The number of benzene rings is 1. The van der Waals surface area contributed by atoms with Crippen molar-refractivity contribution in [3.63, 3.8) is 0 Å². The molecule has 0 amide bonds. The first-order chi connectivity index (χ1) is 9.31. The minimum absolute atomic E-state index is 0.126. The van der Waals surface area contributed by atoms with Gasteiger partial charge in [-0.2, -0.15) is 0 Å². The van der Waals surface area contributed by atoms with Gasteiger partial charge in [0.15, 0.2) is 0 Å². The number of thiophene rings is 1. The standard InChI is InChI=1S/C16H20N2S/c1-2-11-6-8-12(9-7-11)16(18-17)15-10-13-4-3-5-14(13)19-15/h6-10,16,18H,2-5,17H2,1H3. The Bertz CT molecular complexity index is 535. The highest BCUT2D eigenvalue weighted by atomic mass is 32.1. The van der Waals surface area contributed by atoms with E-state index in [1.165, 1.54) is 40.8 Å². The quantitative estimate of drug-likeness (QED) is 0.661. The lowest BCUT2D eigenvalue weighted by Crippen LogP contribution is -2.28. The van der Waals surface area contributed by atoms with Gasteiger partial charge in [0, 0.05) is 9.75 Å². The summed E-state index contributed by atoms with van der Waals surface area (Å²) < 4.78 is 0. The SMILES string of the molecule is CCc1ccc(C(NN)c2cc3c(s2)CCC3)cc1. The number of nitrogens with one attached hydrogen (secondary N) is 1. The Morgan fingerprint density at radius 3 is 2.68 bits per heavy atom. The predicted octanol–water partition coefficient (Wildman–Crippen LogP) is 3.35. The van der Waals surface area contributed by atoms with Gasteiger partial charge in [0.25, 0.3) is 0 Å². The maximum absolute atomic E-state index is 5.78. The van der Waals surface area contributed by atoms with Gasteiger partial charge >= 0.3 is 0 Å². The van der Waals surface area contributed by atoms with Crippen molar-refractivity contribution in [2.75, 3.05) is 0 Å². The van der Waals surface area contributed by atoms with Crippen LogP contribution in [0.2, 0.25) is 0 Å². The molecule has 3 N–H and O–H groups in total. The number of hydrogen-bond acceptors (Lipinski definition) is 3. The summed E-state index contributed by atoms with van der Waals surface area (Å²) in [6.45, 7) is 2.18. The normalized spacial score (nSPS) is 15.5. The van der Waals surface area contributed by atoms with E-state index in [9.17, 15) is 0 Å². The van der Waals surface area contributed by atoms with Crippen molar-refractivity contribution in [3.05, 3.63) is 56.8 Å². The zero-order chi connectivity index (χ0) is 13.2. The smallest absolute Gasteiger partial charge is 0.0802 e. The molecular formula is C16H20N2S. The van der Waals surface area contributed by atoms with Gasteiger partial charge in [-0.05, 0) is 48.4 Å². The molecule has 19 heavy (non-hydrogen) atoms. The number of hydrogen-bond donors (Lipinski definition) is 2. The molecule has 3 rings (SSSR count). The van der Waals surface area contributed by atoms with Gasteiger partial charge in [-0.15, -0.1) is 11.3 Å². The van der Waals surface area contributed by atoms with Crippen molar-refractivity contribution >= 4 is 11.3 Å². The second-order valence-corrected chi connectivity index (χ2v) is 6.31. The molecule has 1 aromatic heterocycles. The third kappa shape index (κ3) is 2.46. The average Bonchev–Trinajstić information content (AvgIpc) is 3.02.